The molecule has 4 fully saturated rings. The molecule has 2 saturated heterocycles. The molecule has 13 heteroatoms. The van der Waals surface area contributed by atoms with E-state index in [-0.39, 0.29) is 30.1 Å². The number of nitrogens with zero attached hydrogens (tertiary/aromatic N) is 5. The molecule has 3 aliphatic heterocycles. The van der Waals surface area contributed by atoms with Gasteiger partial charge in [-0.3, -0.25) is 34.4 Å². The zero-order valence-electron chi connectivity index (χ0n) is 32.5. The smallest absolute Gasteiger partial charge is 0.262 e. The number of rotatable bonds is 13. The van der Waals surface area contributed by atoms with Crippen molar-refractivity contribution >= 4 is 45.4 Å². The molecule has 5 aromatic rings. The van der Waals surface area contributed by atoms with Gasteiger partial charge in [-0.15, -0.1) is 0 Å². The second-order valence-electron chi connectivity index (χ2n) is 16.9. The summed E-state index contributed by atoms with van der Waals surface area (Å²) in [6.07, 6.45) is 12.5. The van der Waals surface area contributed by atoms with Crippen molar-refractivity contribution in [3.05, 3.63) is 84.3 Å². The number of likely N-dealkylation sites (tertiary alicyclic amines) is 1. The number of carbonyl (C=O) groups is 4. The molecule has 5 aliphatic rings. The zero-order chi connectivity index (χ0) is 39.5. The second kappa shape index (κ2) is 14.6. The Morgan fingerprint density at radius 3 is 2.45 bits per heavy atom. The molecule has 10 rings (SSSR count). The van der Waals surface area contributed by atoms with Gasteiger partial charge in [-0.2, -0.15) is 0 Å². The van der Waals surface area contributed by atoms with Crippen LogP contribution in [0.1, 0.15) is 72.1 Å². The van der Waals surface area contributed by atoms with Crippen LogP contribution in [-0.2, 0) is 21.4 Å². The summed E-state index contributed by atoms with van der Waals surface area (Å²) in [4.78, 5) is 62.3. The number of pyridine rings is 2. The fraction of sp³-hybridized carbons (Fsp3) is 0.422. The van der Waals surface area contributed by atoms with Crippen LogP contribution in [-0.4, -0.2) is 99.1 Å². The molecule has 3 aromatic heterocycles. The van der Waals surface area contributed by atoms with E-state index in [0.29, 0.717) is 42.3 Å². The monoisotopic (exact) mass is 782 g/mol. The highest BCUT2D eigenvalue weighted by atomic mass is 16.5. The van der Waals surface area contributed by atoms with Crippen LogP contribution in [0, 0.1) is 11.3 Å². The van der Waals surface area contributed by atoms with Gasteiger partial charge in [-0.05, 0) is 92.8 Å². The predicted octanol–water partition coefficient (Wildman–Crippen LogP) is 5.69. The first-order chi connectivity index (χ1) is 28.2. The Hall–Kier alpha value is -5.66. The first kappa shape index (κ1) is 36.7. The Bertz CT molecular complexity index is 2440. The van der Waals surface area contributed by atoms with E-state index in [2.05, 4.69) is 62.1 Å². The van der Waals surface area contributed by atoms with Crippen LogP contribution < -0.4 is 14.8 Å². The average Bonchev–Trinajstić information content (AvgIpc) is 3.61. The fourth-order valence-corrected chi connectivity index (χ4v) is 9.81. The van der Waals surface area contributed by atoms with Gasteiger partial charge in [-0.25, -0.2) is 4.98 Å². The molecular formula is C45H46N6O7. The van der Waals surface area contributed by atoms with E-state index in [0.717, 1.165) is 74.2 Å². The first-order valence-electron chi connectivity index (χ1n) is 20.5. The lowest BCUT2D eigenvalue weighted by Crippen LogP contribution is -2.65. The molecule has 2 saturated carbocycles. The van der Waals surface area contributed by atoms with Crippen LogP contribution in [0.15, 0.2) is 73.2 Å². The number of nitrogens with one attached hydrogen (secondary N) is 1. The number of aromatic nitrogens is 3. The number of aryl methyl sites for hydroxylation is 1. The topological polar surface area (TPSA) is 145 Å². The molecule has 1 unspecified atom stereocenters. The van der Waals surface area contributed by atoms with Crippen molar-refractivity contribution in [2.75, 3.05) is 32.8 Å². The first-order valence-corrected chi connectivity index (χ1v) is 20.5. The quantitative estimate of drug-likeness (QED) is 0.117. The zero-order valence-corrected chi connectivity index (χ0v) is 32.5. The number of imide groups is 2. The molecular weight excluding hydrogens is 737 g/mol. The lowest BCUT2D eigenvalue weighted by molar-refractivity contribution is -0.157. The standard InChI is InChI=1S/C45H46N6O7/c1-49-37-12-13-46-23-36(37)33-7-4-28(18-39(33)49)29-5-11-41(47-22-29)58-31-16-27(17-31)24-50-25-45(26-50)20-32(21-45)57-15-3-2-14-56-30-6-8-34-35(19-30)44(55)51(43(34)54)38-9-10-40(52)48-42(38)53/h4-8,11-13,18-19,22-23,27,31-32,38H,2-3,9-10,14-17,20-21,24-26H2,1H3,(H,48,52,53)/t27-,31-,38?. The average molecular weight is 783 g/mol. The Morgan fingerprint density at radius 2 is 1.64 bits per heavy atom. The van der Waals surface area contributed by atoms with E-state index in [1.165, 1.54) is 21.8 Å². The van der Waals surface area contributed by atoms with Crippen molar-refractivity contribution in [3.63, 3.8) is 0 Å². The third-order valence-corrected chi connectivity index (χ3v) is 12.9. The Labute approximate surface area is 335 Å². The van der Waals surface area contributed by atoms with Crippen molar-refractivity contribution in [2.24, 2.45) is 18.4 Å². The number of hydrogen-bond donors (Lipinski definition) is 1. The summed E-state index contributed by atoms with van der Waals surface area (Å²) in [5.74, 6) is -0.217. The summed E-state index contributed by atoms with van der Waals surface area (Å²) in [6, 6.07) is 16.5. The van der Waals surface area contributed by atoms with Crippen molar-refractivity contribution in [3.8, 4) is 22.8 Å². The molecule has 298 valence electrons. The highest BCUT2D eigenvalue weighted by molar-refractivity contribution is 6.23. The van der Waals surface area contributed by atoms with Gasteiger partial charge >= 0.3 is 0 Å². The second-order valence-corrected chi connectivity index (χ2v) is 16.9. The number of amides is 4. The summed E-state index contributed by atoms with van der Waals surface area (Å²) >= 11 is 0. The SMILES string of the molecule is Cn1c2ccncc2c2ccc(-c3ccc(O[C@H]4C[C@H](CN5CC6(CC(OCCCCOc7ccc8c(c7)C(=O)N(C7CCC(=O)NC7=O)C8=O)C6)C5)C4)nc3)cc21. The van der Waals surface area contributed by atoms with Crippen LogP contribution in [0.2, 0.25) is 0 Å². The van der Waals surface area contributed by atoms with E-state index >= 15 is 0 Å². The summed E-state index contributed by atoms with van der Waals surface area (Å²) in [5, 5.41) is 4.58. The summed E-state index contributed by atoms with van der Waals surface area (Å²) < 4.78 is 20.5. The van der Waals surface area contributed by atoms with Crippen LogP contribution in [0.5, 0.6) is 11.6 Å². The number of unbranched alkanes of at least 4 members (excludes halogenated alkanes) is 1. The van der Waals surface area contributed by atoms with E-state index in [9.17, 15) is 19.2 Å². The van der Waals surface area contributed by atoms with E-state index in [1.807, 2.05) is 24.7 Å². The minimum atomic E-state index is -0.983. The van der Waals surface area contributed by atoms with Gasteiger partial charge in [0.05, 0.1) is 29.4 Å². The van der Waals surface area contributed by atoms with Crippen molar-refractivity contribution in [1.29, 1.82) is 0 Å². The van der Waals surface area contributed by atoms with Crippen LogP contribution in [0.4, 0.5) is 0 Å². The number of benzene rings is 2. The minimum absolute atomic E-state index is 0.0858. The summed E-state index contributed by atoms with van der Waals surface area (Å²) in [7, 11) is 2.10. The Balaban J connectivity index is 0.597. The van der Waals surface area contributed by atoms with E-state index in [1.54, 1.807) is 18.2 Å². The molecule has 6 heterocycles. The largest absolute Gasteiger partial charge is 0.494 e. The van der Waals surface area contributed by atoms with Crippen LogP contribution >= 0.6 is 0 Å². The summed E-state index contributed by atoms with van der Waals surface area (Å²) in [5.41, 5.74) is 5.44. The van der Waals surface area contributed by atoms with Crippen LogP contribution in [0.3, 0.4) is 0 Å². The van der Waals surface area contributed by atoms with Gasteiger partial charge in [0.2, 0.25) is 17.7 Å². The molecule has 2 aliphatic carbocycles. The van der Waals surface area contributed by atoms with E-state index < -0.39 is 29.7 Å². The third-order valence-electron chi connectivity index (χ3n) is 12.9. The highest BCUT2D eigenvalue weighted by Crippen LogP contribution is 2.50. The molecule has 58 heavy (non-hydrogen) atoms. The van der Waals surface area contributed by atoms with Crippen molar-refractivity contribution in [1.82, 2.24) is 29.7 Å². The maximum atomic E-state index is 13.1. The maximum Gasteiger partial charge on any atom is 0.262 e. The van der Waals surface area contributed by atoms with Crippen molar-refractivity contribution < 1.29 is 33.4 Å². The molecule has 1 spiro atoms. The minimum Gasteiger partial charge on any atom is -0.494 e. The Morgan fingerprint density at radius 1 is 0.828 bits per heavy atom. The lowest BCUT2D eigenvalue weighted by Gasteiger charge is -2.60. The van der Waals surface area contributed by atoms with Gasteiger partial charge < -0.3 is 23.7 Å². The van der Waals surface area contributed by atoms with Gasteiger partial charge in [-0.1, -0.05) is 12.1 Å². The molecule has 0 bridgehead atoms. The number of fused-ring (bicyclic) bond motifs is 4. The summed E-state index contributed by atoms with van der Waals surface area (Å²) in [6.45, 7) is 4.61. The van der Waals surface area contributed by atoms with Gasteiger partial charge in [0.25, 0.3) is 11.8 Å². The van der Waals surface area contributed by atoms with Crippen molar-refractivity contribution in [2.45, 2.75) is 69.6 Å². The fourth-order valence-electron chi connectivity index (χ4n) is 9.81. The number of hydrogen-bond acceptors (Lipinski definition) is 10. The van der Waals surface area contributed by atoms with Crippen LogP contribution in [0.25, 0.3) is 32.9 Å². The molecule has 2 aromatic carbocycles. The number of piperidine rings is 1. The predicted molar refractivity (Wildman–Crippen MR) is 214 cm³/mol. The molecule has 13 nitrogen and oxygen atoms in total. The van der Waals surface area contributed by atoms with E-state index in [4.69, 9.17) is 14.2 Å². The van der Waals surface area contributed by atoms with Gasteiger partial charge in [0, 0.05) is 91.6 Å². The van der Waals surface area contributed by atoms with Gasteiger partial charge in [0.15, 0.2) is 0 Å². The maximum absolute atomic E-state index is 13.1. The molecule has 1 N–H and O–H groups in total. The highest BCUT2D eigenvalue weighted by Gasteiger charge is 2.53. The lowest BCUT2D eigenvalue weighted by atomic mass is 9.61. The normalized spacial score (nSPS) is 22.8. The number of ether oxygens (including phenoxy) is 3. The molecule has 0 radical (unpaired) electrons. The molecule has 1 atom stereocenters. The Kier molecular flexibility index (Phi) is 9.24. The molecule has 4 amide bonds. The number of carbonyl (C=O) groups excluding carboxylic acids is 4. The van der Waals surface area contributed by atoms with Gasteiger partial charge in [0.1, 0.15) is 17.9 Å². The third kappa shape index (κ3) is 6.69.